The van der Waals surface area contributed by atoms with Crippen molar-refractivity contribution in [1.82, 2.24) is 0 Å². The smallest absolute Gasteiger partial charge is 0.127 e. The molecule has 1 fully saturated rings. The minimum Gasteiger partial charge on any atom is -0.492 e. The molecule has 0 radical (unpaired) electrons. The van der Waals surface area contributed by atoms with Crippen LogP contribution in [-0.2, 0) is 0 Å². The molecule has 0 spiro atoms. The Morgan fingerprint density at radius 2 is 1.25 bits per heavy atom. The van der Waals surface area contributed by atoms with Crippen molar-refractivity contribution >= 4 is 21.5 Å². The van der Waals surface area contributed by atoms with Crippen molar-refractivity contribution in [1.29, 1.82) is 0 Å². The summed E-state index contributed by atoms with van der Waals surface area (Å²) in [5.41, 5.74) is 2.32. The quantitative estimate of drug-likeness (QED) is 0.334. The SMILES string of the molecule is CCCC1CCC1C1COc2ccc3ccccc3c2-c2c(ccc3ccccc23)OC1. The summed E-state index contributed by atoms with van der Waals surface area (Å²) in [5, 5.41) is 4.90. The van der Waals surface area contributed by atoms with Gasteiger partial charge in [0.15, 0.2) is 0 Å². The lowest BCUT2D eigenvalue weighted by Crippen LogP contribution is -2.38. The van der Waals surface area contributed by atoms with Crippen LogP contribution in [0.4, 0.5) is 0 Å². The van der Waals surface area contributed by atoms with Crippen molar-refractivity contribution in [3.05, 3.63) is 72.8 Å². The van der Waals surface area contributed by atoms with Crippen LogP contribution in [0, 0.1) is 17.8 Å². The van der Waals surface area contributed by atoms with Gasteiger partial charge in [0.1, 0.15) is 11.5 Å². The maximum absolute atomic E-state index is 6.64. The first-order chi connectivity index (χ1) is 15.8. The second kappa shape index (κ2) is 8.16. The Morgan fingerprint density at radius 1 is 0.688 bits per heavy atom. The average molecular weight is 423 g/mol. The number of hydrogen-bond acceptors (Lipinski definition) is 2. The van der Waals surface area contributed by atoms with E-state index in [0.29, 0.717) is 11.8 Å². The van der Waals surface area contributed by atoms with Gasteiger partial charge in [-0.2, -0.15) is 0 Å². The Morgan fingerprint density at radius 3 is 1.75 bits per heavy atom. The number of benzene rings is 4. The van der Waals surface area contributed by atoms with Crippen LogP contribution in [-0.4, -0.2) is 13.2 Å². The Bertz CT molecular complexity index is 1190. The van der Waals surface area contributed by atoms with Gasteiger partial charge in [0.2, 0.25) is 0 Å². The van der Waals surface area contributed by atoms with Crippen LogP contribution in [0.3, 0.4) is 0 Å². The zero-order valence-corrected chi connectivity index (χ0v) is 18.7. The summed E-state index contributed by atoms with van der Waals surface area (Å²) in [6.45, 7) is 3.75. The van der Waals surface area contributed by atoms with Crippen molar-refractivity contribution in [2.24, 2.45) is 17.8 Å². The Hall–Kier alpha value is -3.00. The lowest BCUT2D eigenvalue weighted by molar-refractivity contribution is 0.0356. The van der Waals surface area contributed by atoms with Gasteiger partial charge in [-0.25, -0.2) is 0 Å². The highest BCUT2D eigenvalue weighted by Gasteiger charge is 2.37. The Kier molecular flexibility index (Phi) is 5.02. The van der Waals surface area contributed by atoms with Crippen molar-refractivity contribution in [2.75, 3.05) is 13.2 Å². The van der Waals surface area contributed by atoms with Crippen molar-refractivity contribution in [3.8, 4) is 22.6 Å². The maximum Gasteiger partial charge on any atom is 0.127 e. The fourth-order valence-electron chi connectivity index (χ4n) is 5.89. The molecule has 32 heavy (non-hydrogen) atoms. The van der Waals surface area contributed by atoms with Gasteiger partial charge in [-0.15, -0.1) is 0 Å². The second-order valence-corrected chi connectivity index (χ2v) is 9.49. The summed E-state index contributed by atoms with van der Waals surface area (Å²) in [4.78, 5) is 0. The summed E-state index contributed by atoms with van der Waals surface area (Å²) in [7, 11) is 0. The van der Waals surface area contributed by atoms with E-state index in [-0.39, 0.29) is 0 Å². The molecule has 0 saturated heterocycles. The number of ether oxygens (including phenoxy) is 2. The molecule has 4 aromatic rings. The van der Waals surface area contributed by atoms with E-state index >= 15 is 0 Å². The topological polar surface area (TPSA) is 18.5 Å². The predicted molar refractivity (Wildman–Crippen MR) is 132 cm³/mol. The second-order valence-electron chi connectivity index (χ2n) is 9.49. The third-order valence-corrected chi connectivity index (χ3v) is 7.68. The summed E-state index contributed by atoms with van der Waals surface area (Å²) < 4.78 is 13.3. The molecule has 2 nitrogen and oxygen atoms in total. The average Bonchev–Trinajstić information content (AvgIpc) is 2.90. The zero-order valence-electron chi connectivity index (χ0n) is 18.7. The summed E-state index contributed by atoms with van der Waals surface area (Å²) in [5.74, 6) is 3.91. The fraction of sp³-hybridized carbons (Fsp3) is 0.333. The molecule has 2 atom stereocenters. The first kappa shape index (κ1) is 19.7. The first-order valence-corrected chi connectivity index (χ1v) is 12.1. The standard InChI is InChI=1S/C30H30O2/c1-2-7-20-12-15-24(20)23-18-31-27-16-13-21-8-3-5-10-25(21)29(27)30-26-11-6-4-9-22(26)14-17-28(30)32-19-23/h3-6,8-11,13-14,16-17,20,23-24H,2,7,12,15,18-19H2,1H3. The van der Waals surface area contributed by atoms with Gasteiger partial charge in [0.25, 0.3) is 0 Å². The van der Waals surface area contributed by atoms with Gasteiger partial charge in [-0.1, -0.05) is 80.4 Å². The Labute approximate surface area is 190 Å². The van der Waals surface area contributed by atoms with E-state index in [1.165, 1.54) is 47.2 Å². The van der Waals surface area contributed by atoms with E-state index in [2.05, 4.69) is 79.7 Å². The van der Waals surface area contributed by atoms with Gasteiger partial charge >= 0.3 is 0 Å². The van der Waals surface area contributed by atoms with Crippen molar-refractivity contribution in [2.45, 2.75) is 32.6 Å². The van der Waals surface area contributed by atoms with Crippen LogP contribution >= 0.6 is 0 Å². The largest absolute Gasteiger partial charge is 0.492 e. The van der Waals surface area contributed by atoms with Gasteiger partial charge in [0, 0.05) is 17.0 Å². The minimum atomic E-state index is 0.428. The van der Waals surface area contributed by atoms with Crippen molar-refractivity contribution < 1.29 is 9.47 Å². The highest BCUT2D eigenvalue weighted by atomic mass is 16.5. The number of rotatable bonds is 3. The highest BCUT2D eigenvalue weighted by molar-refractivity contribution is 6.09. The van der Waals surface area contributed by atoms with Gasteiger partial charge in [-0.05, 0) is 58.4 Å². The normalized spacial score (nSPS) is 20.8. The lowest BCUT2D eigenvalue weighted by atomic mass is 9.65. The molecular weight excluding hydrogens is 392 g/mol. The van der Waals surface area contributed by atoms with Crippen LogP contribution in [0.15, 0.2) is 72.8 Å². The Balaban J connectivity index is 1.54. The van der Waals surface area contributed by atoms with E-state index in [0.717, 1.165) is 41.8 Å². The molecule has 0 amide bonds. The molecular formula is C30H30O2. The van der Waals surface area contributed by atoms with Gasteiger partial charge in [0.05, 0.1) is 13.2 Å². The van der Waals surface area contributed by atoms with Gasteiger partial charge in [-0.3, -0.25) is 0 Å². The minimum absolute atomic E-state index is 0.428. The molecule has 2 unspecified atom stereocenters. The van der Waals surface area contributed by atoms with Crippen LogP contribution in [0.5, 0.6) is 11.5 Å². The van der Waals surface area contributed by atoms with E-state index < -0.39 is 0 Å². The first-order valence-electron chi connectivity index (χ1n) is 12.1. The van der Waals surface area contributed by atoms with E-state index in [1.807, 2.05) is 0 Å². The van der Waals surface area contributed by atoms with Crippen molar-refractivity contribution in [3.63, 3.8) is 0 Å². The molecule has 0 N–H and O–H groups in total. The molecule has 1 heterocycles. The molecule has 162 valence electrons. The maximum atomic E-state index is 6.64. The molecule has 0 bridgehead atoms. The predicted octanol–water partition coefficient (Wildman–Crippen LogP) is 7.87. The molecule has 6 rings (SSSR count). The molecule has 1 aliphatic carbocycles. The van der Waals surface area contributed by atoms with E-state index in [1.54, 1.807) is 0 Å². The molecule has 0 aromatic heterocycles. The molecule has 1 saturated carbocycles. The third-order valence-electron chi connectivity index (χ3n) is 7.68. The third kappa shape index (κ3) is 3.24. The van der Waals surface area contributed by atoms with Crippen LogP contribution < -0.4 is 9.47 Å². The van der Waals surface area contributed by atoms with Crippen LogP contribution in [0.2, 0.25) is 0 Å². The summed E-state index contributed by atoms with van der Waals surface area (Å²) >= 11 is 0. The van der Waals surface area contributed by atoms with Gasteiger partial charge < -0.3 is 9.47 Å². The summed E-state index contributed by atoms with van der Waals surface area (Å²) in [6.07, 6.45) is 5.25. The molecule has 2 aliphatic rings. The van der Waals surface area contributed by atoms with Crippen LogP contribution in [0.25, 0.3) is 32.7 Å². The fourth-order valence-corrected chi connectivity index (χ4v) is 5.89. The lowest BCUT2D eigenvalue weighted by Gasteiger charge is -2.41. The number of fused-ring (bicyclic) bond motifs is 7. The zero-order chi connectivity index (χ0) is 21.5. The molecule has 4 aromatic carbocycles. The van der Waals surface area contributed by atoms with E-state index in [4.69, 9.17) is 9.47 Å². The highest BCUT2D eigenvalue weighted by Crippen LogP contribution is 2.48. The summed E-state index contributed by atoms with van der Waals surface area (Å²) in [6, 6.07) is 25.9. The van der Waals surface area contributed by atoms with E-state index in [9.17, 15) is 0 Å². The molecule has 1 aliphatic heterocycles. The molecule has 2 heteroatoms. The number of hydrogen-bond donors (Lipinski definition) is 0. The van der Waals surface area contributed by atoms with Crippen LogP contribution in [0.1, 0.15) is 32.6 Å². The monoisotopic (exact) mass is 422 g/mol.